The summed E-state index contributed by atoms with van der Waals surface area (Å²) in [5, 5.41) is 12.9. The van der Waals surface area contributed by atoms with E-state index < -0.39 is 0 Å². The lowest BCUT2D eigenvalue weighted by atomic mass is 10.1. The molecule has 102 valence electrons. The van der Waals surface area contributed by atoms with Gasteiger partial charge in [-0.05, 0) is 30.5 Å². The highest BCUT2D eigenvalue weighted by Crippen LogP contribution is 2.20. The lowest BCUT2D eigenvalue weighted by Crippen LogP contribution is -1.98. The summed E-state index contributed by atoms with van der Waals surface area (Å²) < 4.78 is 5.68. The first-order valence-electron chi connectivity index (χ1n) is 6.57. The standard InChI is InChI=1S/C15H19NO2S/c1-3-14(17)11-5-7-13(8-6-11)18-9-12-10-19-15(4-2)16-12/h5-8,10,14,17H,3-4,9H2,1-2H3. The van der Waals surface area contributed by atoms with Crippen LogP contribution in [0.25, 0.3) is 0 Å². The molecular formula is C15H19NO2S. The van der Waals surface area contributed by atoms with Crippen LogP contribution < -0.4 is 4.74 Å². The third-order valence-electron chi connectivity index (χ3n) is 2.94. The molecule has 0 bridgehead atoms. The van der Waals surface area contributed by atoms with Crippen LogP contribution in [0.3, 0.4) is 0 Å². The molecule has 0 aliphatic rings. The Bertz CT molecular complexity index is 507. The van der Waals surface area contributed by atoms with Gasteiger partial charge in [0.25, 0.3) is 0 Å². The molecule has 4 heteroatoms. The highest BCUT2D eigenvalue weighted by Gasteiger charge is 2.05. The number of thiazole rings is 1. The maximum atomic E-state index is 9.71. The summed E-state index contributed by atoms with van der Waals surface area (Å²) in [6.45, 7) is 4.55. The van der Waals surface area contributed by atoms with Crippen LogP contribution in [0.15, 0.2) is 29.6 Å². The van der Waals surface area contributed by atoms with Crippen LogP contribution in [0, 0.1) is 0 Å². The van der Waals surface area contributed by atoms with Crippen LogP contribution in [-0.4, -0.2) is 10.1 Å². The van der Waals surface area contributed by atoms with E-state index in [2.05, 4.69) is 11.9 Å². The number of hydrogen-bond acceptors (Lipinski definition) is 4. The highest BCUT2D eigenvalue weighted by molar-refractivity contribution is 7.09. The van der Waals surface area contributed by atoms with Crippen molar-refractivity contribution in [2.75, 3.05) is 0 Å². The van der Waals surface area contributed by atoms with Crippen LogP contribution in [0.4, 0.5) is 0 Å². The highest BCUT2D eigenvalue weighted by atomic mass is 32.1. The van der Waals surface area contributed by atoms with Gasteiger partial charge in [-0.15, -0.1) is 11.3 Å². The molecule has 0 aliphatic carbocycles. The molecule has 0 amide bonds. The van der Waals surface area contributed by atoms with E-state index in [4.69, 9.17) is 4.74 Å². The monoisotopic (exact) mass is 277 g/mol. The smallest absolute Gasteiger partial charge is 0.131 e. The summed E-state index contributed by atoms with van der Waals surface area (Å²) in [6.07, 6.45) is 1.30. The molecule has 0 fully saturated rings. The summed E-state index contributed by atoms with van der Waals surface area (Å²) in [6, 6.07) is 7.59. The van der Waals surface area contributed by atoms with Crippen molar-refractivity contribution >= 4 is 11.3 Å². The van der Waals surface area contributed by atoms with Crippen molar-refractivity contribution in [3.05, 3.63) is 45.9 Å². The summed E-state index contributed by atoms with van der Waals surface area (Å²) in [4.78, 5) is 4.46. The maximum absolute atomic E-state index is 9.71. The zero-order chi connectivity index (χ0) is 13.7. The van der Waals surface area contributed by atoms with Crippen LogP contribution in [0.1, 0.15) is 42.6 Å². The van der Waals surface area contributed by atoms with E-state index in [9.17, 15) is 5.11 Å². The molecule has 1 heterocycles. The largest absolute Gasteiger partial charge is 0.487 e. The van der Waals surface area contributed by atoms with E-state index in [-0.39, 0.29) is 6.10 Å². The lowest BCUT2D eigenvalue weighted by molar-refractivity contribution is 0.173. The fraction of sp³-hybridized carbons (Fsp3) is 0.400. The molecule has 3 nitrogen and oxygen atoms in total. The third kappa shape index (κ3) is 3.78. The van der Waals surface area contributed by atoms with E-state index in [0.29, 0.717) is 6.61 Å². The third-order valence-corrected chi connectivity index (χ3v) is 3.98. The summed E-state index contributed by atoms with van der Waals surface area (Å²) in [7, 11) is 0. The van der Waals surface area contributed by atoms with Gasteiger partial charge in [-0.2, -0.15) is 0 Å². The number of aliphatic hydroxyl groups excluding tert-OH is 1. The topological polar surface area (TPSA) is 42.4 Å². The van der Waals surface area contributed by atoms with Crippen molar-refractivity contribution in [1.82, 2.24) is 4.98 Å². The van der Waals surface area contributed by atoms with Crippen molar-refractivity contribution in [2.24, 2.45) is 0 Å². The minimum atomic E-state index is -0.389. The van der Waals surface area contributed by atoms with E-state index in [1.54, 1.807) is 11.3 Å². The SMILES string of the molecule is CCc1nc(COc2ccc(C(O)CC)cc2)cs1. The van der Waals surface area contributed by atoms with Gasteiger partial charge in [0.05, 0.1) is 16.8 Å². The normalized spacial score (nSPS) is 12.4. The Morgan fingerprint density at radius 2 is 2.00 bits per heavy atom. The maximum Gasteiger partial charge on any atom is 0.131 e. The number of ether oxygens (including phenoxy) is 1. The lowest BCUT2D eigenvalue weighted by Gasteiger charge is -2.09. The number of hydrogen-bond donors (Lipinski definition) is 1. The minimum absolute atomic E-state index is 0.389. The van der Waals surface area contributed by atoms with Crippen molar-refractivity contribution in [1.29, 1.82) is 0 Å². The first kappa shape index (κ1) is 14.0. The summed E-state index contributed by atoms with van der Waals surface area (Å²) >= 11 is 1.67. The molecule has 0 saturated carbocycles. The number of aromatic nitrogens is 1. The van der Waals surface area contributed by atoms with Crippen molar-refractivity contribution < 1.29 is 9.84 Å². The average Bonchev–Trinajstić information content (AvgIpc) is 2.93. The number of nitrogens with zero attached hydrogens (tertiary/aromatic N) is 1. The van der Waals surface area contributed by atoms with Gasteiger partial charge < -0.3 is 9.84 Å². The molecule has 0 radical (unpaired) electrons. The number of benzene rings is 1. The van der Waals surface area contributed by atoms with E-state index >= 15 is 0 Å². The van der Waals surface area contributed by atoms with Crippen molar-refractivity contribution in [2.45, 2.75) is 39.4 Å². The molecule has 1 aromatic heterocycles. The Hall–Kier alpha value is -1.39. The quantitative estimate of drug-likeness (QED) is 0.875. The molecule has 1 aromatic carbocycles. The molecule has 2 aromatic rings. The van der Waals surface area contributed by atoms with Gasteiger partial charge in [0.1, 0.15) is 12.4 Å². The second-order valence-electron chi connectivity index (χ2n) is 4.37. The Morgan fingerprint density at radius 1 is 1.26 bits per heavy atom. The fourth-order valence-corrected chi connectivity index (χ4v) is 2.49. The Labute approximate surface area is 117 Å². The second-order valence-corrected chi connectivity index (χ2v) is 5.31. The molecule has 0 saturated heterocycles. The first-order valence-corrected chi connectivity index (χ1v) is 7.45. The van der Waals surface area contributed by atoms with Gasteiger partial charge in [0.2, 0.25) is 0 Å². The van der Waals surface area contributed by atoms with Crippen molar-refractivity contribution in [3.8, 4) is 5.75 Å². The Morgan fingerprint density at radius 3 is 2.58 bits per heavy atom. The van der Waals surface area contributed by atoms with Crippen LogP contribution >= 0.6 is 11.3 Å². The number of rotatable bonds is 6. The number of aliphatic hydroxyl groups is 1. The molecule has 2 rings (SSSR count). The molecule has 19 heavy (non-hydrogen) atoms. The molecule has 0 aliphatic heterocycles. The van der Waals surface area contributed by atoms with Gasteiger partial charge in [-0.3, -0.25) is 0 Å². The predicted molar refractivity (Wildman–Crippen MR) is 77.5 cm³/mol. The van der Waals surface area contributed by atoms with E-state index in [1.165, 1.54) is 0 Å². The fourth-order valence-electron chi connectivity index (χ4n) is 1.76. The minimum Gasteiger partial charge on any atom is -0.487 e. The van der Waals surface area contributed by atoms with E-state index in [0.717, 1.165) is 34.9 Å². The van der Waals surface area contributed by atoms with Crippen LogP contribution in [-0.2, 0) is 13.0 Å². The van der Waals surface area contributed by atoms with Gasteiger partial charge in [0.15, 0.2) is 0 Å². The first-order chi connectivity index (χ1) is 9.22. The molecule has 1 atom stereocenters. The van der Waals surface area contributed by atoms with Crippen molar-refractivity contribution in [3.63, 3.8) is 0 Å². The zero-order valence-electron chi connectivity index (χ0n) is 11.3. The predicted octanol–water partition coefficient (Wildman–Crippen LogP) is 3.73. The Kier molecular flexibility index (Phi) is 4.93. The van der Waals surface area contributed by atoms with Gasteiger partial charge in [0, 0.05) is 5.38 Å². The molecule has 1 unspecified atom stereocenters. The molecular weight excluding hydrogens is 258 g/mol. The zero-order valence-corrected chi connectivity index (χ0v) is 12.1. The van der Waals surface area contributed by atoms with Crippen LogP contribution in [0.5, 0.6) is 5.75 Å². The molecule has 1 N–H and O–H groups in total. The molecule has 0 spiro atoms. The average molecular weight is 277 g/mol. The van der Waals surface area contributed by atoms with Gasteiger partial charge in [-0.1, -0.05) is 26.0 Å². The van der Waals surface area contributed by atoms with Crippen LogP contribution in [0.2, 0.25) is 0 Å². The summed E-state index contributed by atoms with van der Waals surface area (Å²) in [5.41, 5.74) is 1.90. The number of aryl methyl sites for hydroxylation is 1. The Balaban J connectivity index is 1.92. The second kappa shape index (κ2) is 6.68. The van der Waals surface area contributed by atoms with E-state index in [1.807, 2.05) is 36.6 Å². The summed E-state index contributed by atoms with van der Waals surface area (Å²) in [5.74, 6) is 0.804. The van der Waals surface area contributed by atoms with Gasteiger partial charge in [-0.25, -0.2) is 4.98 Å². The van der Waals surface area contributed by atoms with Gasteiger partial charge >= 0.3 is 0 Å².